The third-order valence-corrected chi connectivity index (χ3v) is 7.00. The van der Waals surface area contributed by atoms with Gasteiger partial charge >= 0.3 is 0 Å². The lowest BCUT2D eigenvalue weighted by Crippen LogP contribution is -2.50. The monoisotopic (exact) mass is 455 g/mol. The van der Waals surface area contributed by atoms with Crippen molar-refractivity contribution in [3.05, 3.63) is 35.4 Å². The van der Waals surface area contributed by atoms with Gasteiger partial charge in [0.05, 0.1) is 23.9 Å². The maximum absolute atomic E-state index is 13.2. The predicted octanol–water partition coefficient (Wildman–Crippen LogP) is 5.28. The number of benzene rings is 1. The Morgan fingerprint density at radius 3 is 2.73 bits per heavy atom. The van der Waals surface area contributed by atoms with Crippen LogP contribution in [0.5, 0.6) is 11.5 Å². The first-order chi connectivity index (χ1) is 15.9. The van der Waals surface area contributed by atoms with E-state index in [1.54, 1.807) is 12.1 Å². The third-order valence-electron chi connectivity index (χ3n) is 7.00. The molecule has 1 N–H and O–H groups in total. The molecule has 2 fully saturated rings. The molecule has 1 saturated carbocycles. The Kier molecular flexibility index (Phi) is 7.55. The van der Waals surface area contributed by atoms with E-state index in [1.165, 1.54) is 11.6 Å². The maximum Gasteiger partial charge on any atom is 0.166 e. The van der Waals surface area contributed by atoms with Gasteiger partial charge in [-0.1, -0.05) is 6.08 Å². The van der Waals surface area contributed by atoms with Crippen LogP contribution in [-0.4, -0.2) is 54.2 Å². The molecule has 0 amide bonds. The van der Waals surface area contributed by atoms with Crippen molar-refractivity contribution in [1.82, 2.24) is 0 Å². The second-order valence-electron chi connectivity index (χ2n) is 9.82. The number of nitrogens with zero attached hydrogens (tertiary/aromatic N) is 1. The first-order valence-electron chi connectivity index (χ1n) is 12.4. The van der Waals surface area contributed by atoms with E-state index < -0.39 is 0 Å². The standard InChI is InChI=1S/C27H37NO5/c1-4-31-22-15-25(21-6-5-13-28-17-21)33-27(16-22)11-9-19(10-12-27)26(30)20-7-8-24(23(29)14-20)32-18(2)3/h6-8,14,17-19,22,25,29H,4-5,9-13,15-16H2,1-3H3. The lowest BCUT2D eigenvalue weighted by molar-refractivity contribution is -0.175. The predicted molar refractivity (Wildman–Crippen MR) is 128 cm³/mol. The summed E-state index contributed by atoms with van der Waals surface area (Å²) in [5, 5.41) is 10.3. The van der Waals surface area contributed by atoms with Gasteiger partial charge in [0.15, 0.2) is 17.3 Å². The molecular weight excluding hydrogens is 418 g/mol. The first kappa shape index (κ1) is 24.0. The average Bonchev–Trinajstić information content (AvgIpc) is 2.81. The van der Waals surface area contributed by atoms with Crippen LogP contribution >= 0.6 is 0 Å². The van der Waals surface area contributed by atoms with Gasteiger partial charge in [0, 0.05) is 43.7 Å². The molecule has 6 nitrogen and oxygen atoms in total. The Morgan fingerprint density at radius 1 is 1.30 bits per heavy atom. The van der Waals surface area contributed by atoms with Crippen LogP contribution in [0.2, 0.25) is 0 Å². The number of hydrogen-bond acceptors (Lipinski definition) is 6. The van der Waals surface area contributed by atoms with Crippen molar-refractivity contribution >= 4 is 12.0 Å². The van der Waals surface area contributed by atoms with Gasteiger partial charge in [-0.3, -0.25) is 9.79 Å². The fourth-order valence-corrected chi connectivity index (χ4v) is 5.43. The van der Waals surface area contributed by atoms with Crippen LogP contribution in [-0.2, 0) is 9.47 Å². The molecule has 0 radical (unpaired) electrons. The molecule has 6 heteroatoms. The molecule has 180 valence electrons. The third kappa shape index (κ3) is 5.67. The van der Waals surface area contributed by atoms with E-state index in [4.69, 9.17) is 14.2 Å². The molecule has 2 heterocycles. The lowest BCUT2D eigenvalue weighted by Gasteiger charge is -2.48. The van der Waals surface area contributed by atoms with Crippen molar-refractivity contribution in [2.45, 2.75) is 89.6 Å². The van der Waals surface area contributed by atoms with Crippen molar-refractivity contribution in [1.29, 1.82) is 0 Å². The van der Waals surface area contributed by atoms with Gasteiger partial charge in [0.1, 0.15) is 0 Å². The fourth-order valence-electron chi connectivity index (χ4n) is 5.43. The van der Waals surface area contributed by atoms with Crippen LogP contribution < -0.4 is 4.74 Å². The van der Waals surface area contributed by atoms with Crippen LogP contribution in [0, 0.1) is 5.92 Å². The van der Waals surface area contributed by atoms with Crippen molar-refractivity contribution in [2.24, 2.45) is 10.9 Å². The number of aromatic hydroxyl groups is 1. The van der Waals surface area contributed by atoms with E-state index in [0.29, 0.717) is 17.9 Å². The number of phenols is 1. The number of Topliss-reactive ketones (excluding diaryl/α,β-unsaturated/α-hetero) is 1. The summed E-state index contributed by atoms with van der Waals surface area (Å²) in [4.78, 5) is 17.6. The molecule has 1 aromatic rings. The van der Waals surface area contributed by atoms with Gasteiger partial charge in [-0.15, -0.1) is 0 Å². The van der Waals surface area contributed by atoms with E-state index in [1.807, 2.05) is 27.0 Å². The number of carbonyl (C=O) groups excluding carboxylic acids is 1. The number of dihydropyridines is 1. The Hall–Kier alpha value is -2.18. The zero-order valence-electron chi connectivity index (χ0n) is 20.1. The van der Waals surface area contributed by atoms with E-state index in [2.05, 4.69) is 11.1 Å². The van der Waals surface area contributed by atoms with E-state index in [0.717, 1.165) is 51.5 Å². The van der Waals surface area contributed by atoms with E-state index >= 15 is 0 Å². The summed E-state index contributed by atoms with van der Waals surface area (Å²) in [6.07, 6.45) is 10.3. The average molecular weight is 456 g/mol. The lowest BCUT2D eigenvalue weighted by atomic mass is 9.72. The Morgan fingerprint density at radius 2 is 2.09 bits per heavy atom. The number of ketones is 1. The highest BCUT2D eigenvalue weighted by atomic mass is 16.5. The highest BCUT2D eigenvalue weighted by Gasteiger charge is 2.46. The first-order valence-corrected chi connectivity index (χ1v) is 12.4. The molecule has 2 unspecified atom stereocenters. The number of hydrogen-bond donors (Lipinski definition) is 1. The number of ether oxygens (including phenoxy) is 3. The summed E-state index contributed by atoms with van der Waals surface area (Å²) in [5.41, 5.74) is 1.47. The smallest absolute Gasteiger partial charge is 0.166 e. The van der Waals surface area contributed by atoms with Gasteiger partial charge in [0.2, 0.25) is 0 Å². The molecule has 4 rings (SSSR count). The number of phenolic OH excluding ortho intramolecular Hbond substituents is 1. The van der Waals surface area contributed by atoms with Gasteiger partial charge < -0.3 is 19.3 Å². The number of aliphatic imine (C=N–C) groups is 1. The Bertz CT molecular complexity index is 898. The molecule has 0 bridgehead atoms. The minimum Gasteiger partial charge on any atom is -0.504 e. The Labute approximate surface area is 197 Å². The summed E-state index contributed by atoms with van der Waals surface area (Å²) in [6.45, 7) is 7.40. The second-order valence-corrected chi connectivity index (χ2v) is 9.82. The van der Waals surface area contributed by atoms with Gasteiger partial charge in [-0.2, -0.15) is 0 Å². The van der Waals surface area contributed by atoms with Crippen LogP contribution in [0.25, 0.3) is 0 Å². The number of carbonyl (C=O) groups is 1. The second kappa shape index (κ2) is 10.4. The van der Waals surface area contributed by atoms with Crippen molar-refractivity contribution in [2.75, 3.05) is 13.2 Å². The molecule has 3 aliphatic rings. The highest BCUT2D eigenvalue weighted by molar-refractivity contribution is 5.98. The molecule has 2 aliphatic heterocycles. The topological polar surface area (TPSA) is 77.4 Å². The van der Waals surface area contributed by atoms with Gasteiger partial charge in [-0.05, 0) is 76.6 Å². The number of rotatable bonds is 7. The van der Waals surface area contributed by atoms with Crippen LogP contribution in [0.3, 0.4) is 0 Å². The fraction of sp³-hybridized carbons (Fsp3) is 0.630. The van der Waals surface area contributed by atoms with Gasteiger partial charge in [0.25, 0.3) is 0 Å². The van der Waals surface area contributed by atoms with Crippen molar-refractivity contribution in [3.63, 3.8) is 0 Å². The Balaban J connectivity index is 1.43. The van der Waals surface area contributed by atoms with E-state index in [9.17, 15) is 9.90 Å². The van der Waals surface area contributed by atoms with Crippen LogP contribution in [0.4, 0.5) is 0 Å². The highest BCUT2D eigenvalue weighted by Crippen LogP contribution is 2.45. The molecular formula is C27H37NO5. The summed E-state index contributed by atoms with van der Waals surface area (Å²) in [7, 11) is 0. The zero-order valence-corrected chi connectivity index (χ0v) is 20.1. The van der Waals surface area contributed by atoms with Crippen LogP contribution in [0.15, 0.2) is 34.8 Å². The molecule has 1 saturated heterocycles. The molecule has 2 atom stereocenters. The SMILES string of the molecule is CCOC1CC(C2=CCCN=C2)OC2(CCC(C(=O)c3ccc(OC(C)C)c(O)c3)CC2)C1. The summed E-state index contributed by atoms with van der Waals surface area (Å²) < 4.78 is 18.4. The quantitative estimate of drug-likeness (QED) is 0.566. The largest absolute Gasteiger partial charge is 0.504 e. The molecule has 33 heavy (non-hydrogen) atoms. The minimum absolute atomic E-state index is 0.0112. The normalized spacial score (nSPS) is 29.8. The molecule has 1 aliphatic carbocycles. The molecule has 1 spiro atoms. The maximum atomic E-state index is 13.2. The van der Waals surface area contributed by atoms with Gasteiger partial charge in [-0.25, -0.2) is 0 Å². The van der Waals surface area contributed by atoms with Crippen molar-refractivity contribution < 1.29 is 24.1 Å². The zero-order chi connectivity index (χ0) is 23.4. The summed E-state index contributed by atoms with van der Waals surface area (Å²) in [6, 6.07) is 4.99. The molecule has 0 aromatic heterocycles. The minimum atomic E-state index is -0.247. The van der Waals surface area contributed by atoms with Crippen molar-refractivity contribution in [3.8, 4) is 11.5 Å². The molecule has 1 aromatic carbocycles. The van der Waals surface area contributed by atoms with E-state index in [-0.39, 0.29) is 41.4 Å². The summed E-state index contributed by atoms with van der Waals surface area (Å²) >= 11 is 0. The summed E-state index contributed by atoms with van der Waals surface area (Å²) in [5.74, 6) is 0.458. The van der Waals surface area contributed by atoms with Crippen LogP contribution in [0.1, 0.15) is 76.1 Å².